The summed E-state index contributed by atoms with van der Waals surface area (Å²) in [5, 5.41) is 0.782. The molecule has 0 saturated heterocycles. The van der Waals surface area contributed by atoms with Crippen molar-refractivity contribution in [3.05, 3.63) is 35.4 Å². The Morgan fingerprint density at radius 3 is 2.29 bits per heavy atom. The topological polar surface area (TPSA) is 55.3 Å². The van der Waals surface area contributed by atoms with Crippen LogP contribution in [0.25, 0.3) is 0 Å². The van der Waals surface area contributed by atoms with Crippen molar-refractivity contribution < 1.29 is 8.78 Å². The van der Waals surface area contributed by atoms with E-state index in [0.29, 0.717) is 0 Å². The molecular weight excluding hydrogens is 208 g/mol. The van der Waals surface area contributed by atoms with Crippen LogP contribution in [0.3, 0.4) is 0 Å². The maximum absolute atomic E-state index is 13.1. The standard InChI is InChI=1S/C8H9F2N3S/c9-6-2-1-3-7(10)5(6)4-13(12)8(11)14/h1-3H,4,12H2,(H2,11,14). The molecule has 0 saturated carbocycles. The Morgan fingerprint density at radius 2 is 1.86 bits per heavy atom. The van der Waals surface area contributed by atoms with Crippen molar-refractivity contribution >= 4 is 17.3 Å². The maximum Gasteiger partial charge on any atom is 0.180 e. The molecule has 0 aliphatic rings. The fourth-order valence-corrected chi connectivity index (χ4v) is 0.996. The van der Waals surface area contributed by atoms with Gasteiger partial charge in [0.15, 0.2) is 5.11 Å². The Labute approximate surface area is 85.3 Å². The molecule has 76 valence electrons. The van der Waals surface area contributed by atoms with Gasteiger partial charge in [-0.3, -0.25) is 5.01 Å². The molecule has 0 fully saturated rings. The molecule has 0 aliphatic heterocycles. The number of nitrogens with zero attached hydrogens (tertiary/aromatic N) is 1. The van der Waals surface area contributed by atoms with Crippen molar-refractivity contribution in [3.63, 3.8) is 0 Å². The molecule has 0 amide bonds. The molecule has 0 heterocycles. The Bertz CT molecular complexity index is 336. The first-order valence-corrected chi connectivity index (χ1v) is 4.17. The molecule has 4 N–H and O–H groups in total. The van der Waals surface area contributed by atoms with Gasteiger partial charge in [-0.1, -0.05) is 6.07 Å². The van der Waals surface area contributed by atoms with E-state index in [1.165, 1.54) is 6.07 Å². The second-order valence-electron chi connectivity index (χ2n) is 2.67. The molecule has 3 nitrogen and oxygen atoms in total. The minimum atomic E-state index is -0.670. The lowest BCUT2D eigenvalue weighted by Crippen LogP contribution is -2.40. The first-order valence-electron chi connectivity index (χ1n) is 3.77. The van der Waals surface area contributed by atoms with Gasteiger partial charge in [0.1, 0.15) is 11.6 Å². The second-order valence-corrected chi connectivity index (χ2v) is 3.08. The molecule has 6 heteroatoms. The summed E-state index contributed by atoms with van der Waals surface area (Å²) in [6, 6.07) is 3.56. The van der Waals surface area contributed by atoms with Gasteiger partial charge in [0, 0.05) is 5.56 Å². The van der Waals surface area contributed by atoms with Crippen LogP contribution < -0.4 is 11.6 Å². The average Bonchev–Trinajstić information content (AvgIpc) is 2.11. The number of rotatable bonds is 2. The number of nitrogens with two attached hydrogens (primary N) is 2. The SMILES string of the molecule is NC(=S)N(N)Cc1c(F)cccc1F. The van der Waals surface area contributed by atoms with Crippen LogP contribution in [0.5, 0.6) is 0 Å². The summed E-state index contributed by atoms with van der Waals surface area (Å²) in [5.74, 6) is 3.98. The lowest BCUT2D eigenvalue weighted by molar-refractivity contribution is 0.410. The highest BCUT2D eigenvalue weighted by Crippen LogP contribution is 2.12. The highest BCUT2D eigenvalue weighted by atomic mass is 32.1. The molecule has 1 aromatic rings. The smallest absolute Gasteiger partial charge is 0.180 e. The number of halogens is 2. The highest BCUT2D eigenvalue weighted by molar-refractivity contribution is 7.80. The quantitative estimate of drug-likeness (QED) is 0.439. The number of benzene rings is 1. The van der Waals surface area contributed by atoms with Crippen LogP contribution in [0.1, 0.15) is 5.56 Å². The van der Waals surface area contributed by atoms with Crippen LogP contribution in [0.4, 0.5) is 8.78 Å². The van der Waals surface area contributed by atoms with Crippen molar-refractivity contribution in [2.45, 2.75) is 6.54 Å². The van der Waals surface area contributed by atoms with Crippen LogP contribution in [-0.4, -0.2) is 10.1 Å². The van der Waals surface area contributed by atoms with Gasteiger partial charge in [0.05, 0.1) is 6.54 Å². The van der Waals surface area contributed by atoms with E-state index in [2.05, 4.69) is 12.2 Å². The molecule has 0 aromatic heterocycles. The Balaban J connectivity index is 2.91. The highest BCUT2D eigenvalue weighted by Gasteiger charge is 2.11. The summed E-state index contributed by atoms with van der Waals surface area (Å²) >= 11 is 4.54. The third-order valence-electron chi connectivity index (χ3n) is 1.67. The minimum absolute atomic E-state index is 0.118. The van der Waals surface area contributed by atoms with Crippen LogP contribution in [0.15, 0.2) is 18.2 Å². The van der Waals surface area contributed by atoms with E-state index in [-0.39, 0.29) is 17.2 Å². The molecule has 0 radical (unpaired) electrons. The van der Waals surface area contributed by atoms with Crippen molar-refractivity contribution in [3.8, 4) is 0 Å². The van der Waals surface area contributed by atoms with Gasteiger partial charge in [-0.2, -0.15) is 0 Å². The molecule has 0 atom stereocenters. The third-order valence-corrected chi connectivity index (χ3v) is 1.91. The van der Waals surface area contributed by atoms with E-state index < -0.39 is 11.6 Å². The molecule has 0 spiro atoms. The fraction of sp³-hybridized carbons (Fsp3) is 0.125. The zero-order valence-corrected chi connectivity index (χ0v) is 8.02. The summed E-state index contributed by atoms with van der Waals surface area (Å²) in [7, 11) is 0. The summed E-state index contributed by atoms with van der Waals surface area (Å²) in [4.78, 5) is 0. The van der Waals surface area contributed by atoms with E-state index >= 15 is 0 Å². The molecule has 0 aliphatic carbocycles. The zero-order valence-electron chi connectivity index (χ0n) is 7.21. The monoisotopic (exact) mass is 217 g/mol. The number of hydrogen-bond donors (Lipinski definition) is 2. The lowest BCUT2D eigenvalue weighted by Gasteiger charge is -2.16. The van der Waals surface area contributed by atoms with E-state index in [0.717, 1.165) is 17.1 Å². The average molecular weight is 217 g/mol. The first kappa shape index (κ1) is 10.8. The summed E-state index contributed by atoms with van der Waals surface area (Å²) < 4.78 is 26.1. The Morgan fingerprint density at radius 1 is 1.36 bits per heavy atom. The van der Waals surface area contributed by atoms with Gasteiger partial charge in [-0.25, -0.2) is 14.6 Å². The van der Waals surface area contributed by atoms with Crippen LogP contribution in [0, 0.1) is 11.6 Å². The predicted octanol–water partition coefficient (Wildman–Crippen LogP) is 0.884. The Kier molecular flexibility index (Phi) is 3.32. The van der Waals surface area contributed by atoms with Gasteiger partial charge in [0.25, 0.3) is 0 Å². The summed E-state index contributed by atoms with van der Waals surface area (Å²) in [6.07, 6.45) is 0. The fourth-order valence-electron chi connectivity index (χ4n) is 0.932. The predicted molar refractivity (Wildman–Crippen MR) is 52.9 cm³/mol. The molecule has 0 bridgehead atoms. The lowest BCUT2D eigenvalue weighted by atomic mass is 10.2. The van der Waals surface area contributed by atoms with Crippen molar-refractivity contribution in [1.82, 2.24) is 5.01 Å². The van der Waals surface area contributed by atoms with Gasteiger partial charge in [-0.15, -0.1) is 0 Å². The molecule has 14 heavy (non-hydrogen) atoms. The van der Waals surface area contributed by atoms with E-state index in [4.69, 9.17) is 11.6 Å². The normalized spacial score (nSPS) is 9.93. The summed E-state index contributed by atoms with van der Waals surface area (Å²) in [5.41, 5.74) is 5.02. The third kappa shape index (κ3) is 2.36. The molecule has 0 unspecified atom stereocenters. The second kappa shape index (κ2) is 4.30. The number of hydrazine groups is 1. The van der Waals surface area contributed by atoms with Gasteiger partial charge >= 0.3 is 0 Å². The zero-order chi connectivity index (χ0) is 10.7. The Hall–Kier alpha value is -1.27. The van der Waals surface area contributed by atoms with E-state index in [1.807, 2.05) is 0 Å². The molecule has 1 rings (SSSR count). The minimum Gasteiger partial charge on any atom is -0.375 e. The molecule has 1 aromatic carbocycles. The van der Waals surface area contributed by atoms with Crippen molar-refractivity contribution in [2.75, 3.05) is 0 Å². The van der Waals surface area contributed by atoms with Gasteiger partial charge in [0.2, 0.25) is 0 Å². The van der Waals surface area contributed by atoms with Gasteiger partial charge < -0.3 is 5.73 Å². The number of thiocarbonyl (C=S) groups is 1. The van der Waals surface area contributed by atoms with Gasteiger partial charge in [-0.05, 0) is 24.4 Å². The maximum atomic E-state index is 13.1. The van der Waals surface area contributed by atoms with E-state index in [1.54, 1.807) is 0 Å². The largest absolute Gasteiger partial charge is 0.375 e. The molecular formula is C8H9F2N3S. The van der Waals surface area contributed by atoms with Crippen LogP contribution in [-0.2, 0) is 6.54 Å². The number of hydrogen-bond acceptors (Lipinski definition) is 2. The van der Waals surface area contributed by atoms with E-state index in [9.17, 15) is 8.78 Å². The van der Waals surface area contributed by atoms with Crippen molar-refractivity contribution in [1.29, 1.82) is 0 Å². The van der Waals surface area contributed by atoms with Crippen molar-refractivity contribution in [2.24, 2.45) is 11.6 Å². The first-order chi connectivity index (χ1) is 6.52. The van der Waals surface area contributed by atoms with Crippen LogP contribution in [0.2, 0.25) is 0 Å². The summed E-state index contributed by atoms with van der Waals surface area (Å²) in [6.45, 7) is -0.187. The van der Waals surface area contributed by atoms with Crippen LogP contribution >= 0.6 is 12.2 Å².